The van der Waals surface area contributed by atoms with Crippen LogP contribution >= 0.6 is 63.7 Å². The lowest BCUT2D eigenvalue weighted by atomic mass is 9.78. The molecule has 9 aromatic rings. The van der Waals surface area contributed by atoms with Gasteiger partial charge in [0.2, 0.25) is 0 Å². The molecule has 4 aliphatic heterocycles. The molecule has 1 fully saturated rings. The van der Waals surface area contributed by atoms with Crippen LogP contribution in [0.2, 0.25) is 0 Å². The molecule has 4 N–H and O–H groups in total. The molecule has 0 aliphatic carbocycles. The van der Waals surface area contributed by atoms with Crippen molar-refractivity contribution in [1.29, 1.82) is 0 Å². The summed E-state index contributed by atoms with van der Waals surface area (Å²) in [5, 5.41) is 36.8. The summed E-state index contributed by atoms with van der Waals surface area (Å²) < 4.78 is 64.0. The first kappa shape index (κ1) is 100. The quantitative estimate of drug-likeness (QED) is 0.0285. The minimum Gasteiger partial charge on any atom is -0.493 e. The standard InChI is InChI=1S/C22H26O4.C21H24O4.C15H21BO3.C13H17BrO3.C9H9BrO3.C8H7BrO3.C8H7BrO/c1-22(2,3)26-20(21(23)24-4)18-10-6-5-9-17(18)15-11-12-19-16(14-15)8-7-13-25-19;1-21(2,3)25-19(20(22)23)17-9-5-4-8-16(17)14-10-11-18-15(13-14)7-6-12-24-18;1-14(2)15(3,4)19-16(18-14)12-7-8-13-11(10-12)6-5-9-17-13;1-13(2,3)17-11(12(15)16-4)9-7-5-6-8-10(9)14;1-13-9(12)8(11)6-4-2-3-5-7(6)10;9-6-4-2-1-3-5(6)7(10)8(11)12;1-6(10)7-4-2-3-5-8(7)9/h5-6,9-12,14,20H,7-8,13H2,1-4H3;4-5,8-11,13,19H,6-7,12H2,1-3H3,(H,22,23);7-8,10H,5-6,9H2,1-4H3;5-8,11H,1-4H3;2-5,8,11H,1H3;1-4,7,10H,(H,11,12);2-5H,1H3. The van der Waals surface area contributed by atoms with Crippen molar-refractivity contribution in [2.24, 2.45) is 0 Å². The maximum Gasteiger partial charge on any atom is 0.494 e. The number of carboxylic acid groups (broad SMARTS) is 2. The number of aliphatic carboxylic acids is 2. The van der Waals surface area contributed by atoms with Crippen LogP contribution in [0.5, 0.6) is 17.2 Å². The molecule has 0 spiro atoms. The van der Waals surface area contributed by atoms with E-state index >= 15 is 0 Å². The Morgan fingerprint density at radius 2 is 0.721 bits per heavy atom. The van der Waals surface area contributed by atoms with Crippen molar-refractivity contribution < 1.29 is 101 Å². The number of methoxy groups -OCH3 is 3. The van der Waals surface area contributed by atoms with E-state index in [1.165, 1.54) is 38.0 Å². The van der Waals surface area contributed by atoms with E-state index in [9.17, 15) is 39.0 Å². The zero-order valence-corrected chi connectivity index (χ0v) is 78.5. The number of carbonyl (C=O) groups is 6. The Labute approximate surface area is 750 Å². The van der Waals surface area contributed by atoms with E-state index in [-0.39, 0.29) is 24.1 Å². The Bertz CT molecular complexity index is 4990. The van der Waals surface area contributed by atoms with Crippen LogP contribution in [0, 0.1) is 0 Å². The minimum absolute atomic E-state index is 0.0903. The first-order valence-electron chi connectivity index (χ1n) is 39.9. The van der Waals surface area contributed by atoms with E-state index < -0.39 is 77.2 Å². The molecule has 1 saturated heterocycles. The lowest BCUT2D eigenvalue weighted by Crippen LogP contribution is -2.41. The summed E-state index contributed by atoms with van der Waals surface area (Å²) in [6.07, 6.45) is 0.988. The Hall–Kier alpha value is -8.90. The predicted octanol–water partition coefficient (Wildman–Crippen LogP) is 21.0. The average molecular weight is 1930 g/mol. The van der Waals surface area contributed by atoms with Crippen LogP contribution < -0.4 is 19.7 Å². The van der Waals surface area contributed by atoms with Gasteiger partial charge in [-0.15, -0.1) is 0 Å². The molecule has 9 aromatic carbocycles. The minimum atomic E-state index is -1.46. The number of hydrogen-bond acceptors (Lipinski definition) is 19. The number of esters is 3. The molecule has 5 atom stereocenters. The fourth-order valence-corrected chi connectivity index (χ4v) is 14.8. The maximum absolute atomic E-state index is 12.4. The lowest BCUT2D eigenvalue weighted by molar-refractivity contribution is -0.164. The highest BCUT2D eigenvalue weighted by atomic mass is 79.9. The van der Waals surface area contributed by atoms with Crippen LogP contribution in [-0.4, -0.2) is 132 Å². The summed E-state index contributed by atoms with van der Waals surface area (Å²) in [5.41, 5.74) is 10.5. The normalized spacial score (nSPS) is 15.2. The smallest absolute Gasteiger partial charge is 0.493 e. The number of aliphatic hydroxyl groups excluding tert-OH is 2. The first-order chi connectivity index (χ1) is 57.5. The molecule has 122 heavy (non-hydrogen) atoms. The van der Waals surface area contributed by atoms with Crippen LogP contribution in [0.1, 0.15) is 202 Å². The Kier molecular flexibility index (Phi) is 37.9. The summed E-state index contributed by atoms with van der Waals surface area (Å²) in [7, 11) is 3.71. The monoisotopic (exact) mass is 1930 g/mol. The fraction of sp³-hybridized carbons (Fsp3) is 0.375. The molecule has 26 heteroatoms. The summed E-state index contributed by atoms with van der Waals surface area (Å²) in [6.45, 7) is 29.3. The van der Waals surface area contributed by atoms with Crippen LogP contribution in [0.4, 0.5) is 0 Å². The highest BCUT2D eigenvalue weighted by molar-refractivity contribution is 9.11. The first-order valence-corrected chi connectivity index (χ1v) is 43.0. The number of aryl methyl sites for hydroxylation is 3. The molecule has 0 saturated carbocycles. The van der Waals surface area contributed by atoms with Crippen LogP contribution in [0.3, 0.4) is 0 Å². The molecule has 13 rings (SSSR count). The number of ether oxygens (including phenoxy) is 9. The van der Waals surface area contributed by atoms with Crippen LogP contribution in [0.25, 0.3) is 22.3 Å². The number of rotatable bonds is 17. The summed E-state index contributed by atoms with van der Waals surface area (Å²) >= 11 is 13.1. The van der Waals surface area contributed by atoms with Crippen molar-refractivity contribution in [1.82, 2.24) is 0 Å². The van der Waals surface area contributed by atoms with Gasteiger partial charge in [-0.25, -0.2) is 24.0 Å². The number of ketones is 1. The van der Waals surface area contributed by atoms with Gasteiger partial charge in [-0.3, -0.25) is 4.79 Å². The Balaban J connectivity index is 0.000000201. The van der Waals surface area contributed by atoms with E-state index in [4.69, 9.17) is 57.4 Å². The molecule has 21 nitrogen and oxygen atoms in total. The predicted molar refractivity (Wildman–Crippen MR) is 486 cm³/mol. The van der Waals surface area contributed by atoms with Crippen molar-refractivity contribution in [3.63, 3.8) is 0 Å². The van der Waals surface area contributed by atoms with E-state index in [2.05, 4.69) is 114 Å². The van der Waals surface area contributed by atoms with Gasteiger partial charge in [-0.1, -0.05) is 209 Å². The molecule has 652 valence electrons. The van der Waals surface area contributed by atoms with E-state index in [1.807, 2.05) is 190 Å². The third kappa shape index (κ3) is 29.7. The third-order valence-electron chi connectivity index (χ3n) is 19.4. The van der Waals surface area contributed by atoms with Crippen molar-refractivity contribution in [2.75, 3.05) is 41.2 Å². The van der Waals surface area contributed by atoms with Gasteiger partial charge in [0, 0.05) is 40.1 Å². The van der Waals surface area contributed by atoms with Crippen molar-refractivity contribution in [2.45, 2.75) is 194 Å². The van der Waals surface area contributed by atoms with Gasteiger partial charge in [0.05, 0.1) is 69.2 Å². The van der Waals surface area contributed by atoms with E-state index in [0.29, 0.717) is 25.6 Å². The van der Waals surface area contributed by atoms with Crippen molar-refractivity contribution in [3.05, 3.63) is 268 Å². The molecule has 0 aromatic heterocycles. The third-order valence-corrected chi connectivity index (χ3v) is 22.2. The fourth-order valence-electron chi connectivity index (χ4n) is 12.7. The summed E-state index contributed by atoms with van der Waals surface area (Å²) in [4.78, 5) is 68.3. The zero-order chi connectivity index (χ0) is 90.0. The van der Waals surface area contributed by atoms with Crippen LogP contribution in [-0.2, 0) is 81.0 Å². The number of carboxylic acids is 2. The Morgan fingerprint density at radius 1 is 0.393 bits per heavy atom. The highest BCUT2D eigenvalue weighted by Gasteiger charge is 2.52. The second-order valence-corrected chi connectivity index (χ2v) is 36.0. The number of benzene rings is 9. The van der Waals surface area contributed by atoms with Crippen molar-refractivity contribution >= 4 is 112 Å². The van der Waals surface area contributed by atoms with Gasteiger partial charge in [0.1, 0.15) is 17.2 Å². The summed E-state index contributed by atoms with van der Waals surface area (Å²) in [5.74, 6) is -0.710. The maximum atomic E-state index is 12.4. The van der Waals surface area contributed by atoms with Gasteiger partial charge >= 0.3 is 37.0 Å². The number of halogens is 4. The van der Waals surface area contributed by atoms with Gasteiger partial charge in [0.15, 0.2) is 36.3 Å². The number of carbonyl (C=O) groups excluding carboxylic acids is 4. The van der Waals surface area contributed by atoms with E-state index in [1.54, 1.807) is 61.5 Å². The van der Waals surface area contributed by atoms with Gasteiger partial charge in [-0.2, -0.15) is 0 Å². The Morgan fingerprint density at radius 3 is 1.08 bits per heavy atom. The van der Waals surface area contributed by atoms with Gasteiger partial charge in [-0.05, 0) is 246 Å². The van der Waals surface area contributed by atoms with Crippen molar-refractivity contribution in [3.8, 4) is 39.5 Å². The number of aliphatic hydroxyl groups is 2. The second-order valence-electron chi connectivity index (χ2n) is 32.6. The zero-order valence-electron chi connectivity index (χ0n) is 72.1. The van der Waals surface area contributed by atoms with E-state index in [0.717, 1.165) is 129 Å². The summed E-state index contributed by atoms with van der Waals surface area (Å²) in [6, 6.07) is 62.4. The molecule has 4 heterocycles. The lowest BCUT2D eigenvalue weighted by Gasteiger charge is -2.32. The molecule has 0 radical (unpaired) electrons. The molecular weight excluding hydrogens is 1820 g/mol. The molecule has 0 amide bonds. The SMILES string of the molecule is CC(=O)c1ccccc1Br.CC(C)(C)OC(C(=O)O)c1ccccc1-c1ccc2c(c1)CCCO2.CC1(C)OB(c2ccc3c(c2)CCCO3)OC1(C)C.COC(=O)C(O)c1ccccc1Br.COC(=O)C(OC(C)(C)C)c1ccccc1-c1ccc2c(c1)CCCO2.COC(=O)C(OC(C)(C)C)c1ccccc1Br.O=C(O)C(O)c1ccccc1Br. The average Bonchev–Trinajstić information content (AvgIpc) is 1.35. The topological polar surface area (TPSA) is 285 Å². The highest BCUT2D eigenvalue weighted by Crippen LogP contribution is 2.41. The van der Waals surface area contributed by atoms with Crippen LogP contribution in [0.15, 0.2) is 218 Å². The number of hydrogen-bond donors (Lipinski definition) is 4. The number of fused-ring (bicyclic) bond motifs is 3. The largest absolute Gasteiger partial charge is 0.494 e. The van der Waals surface area contributed by atoms with Gasteiger partial charge < -0.3 is 72.4 Å². The molecule has 5 unspecified atom stereocenters. The number of Topliss-reactive ketones (excluding diaryl/α,β-unsaturated/α-hetero) is 1. The molecule has 4 aliphatic rings. The second kappa shape index (κ2) is 46.2. The van der Waals surface area contributed by atoms with Gasteiger partial charge in [0.25, 0.3) is 0 Å². The molecule has 0 bridgehead atoms. The molecular formula is C96H111BBr4O21.